The minimum atomic E-state index is 0.392. The lowest BCUT2D eigenvalue weighted by molar-refractivity contribution is 0.0135. The van der Waals surface area contributed by atoms with Gasteiger partial charge in [0.2, 0.25) is 0 Å². The number of halogens is 1. The van der Waals surface area contributed by atoms with Crippen molar-refractivity contribution in [1.29, 1.82) is 0 Å². The van der Waals surface area contributed by atoms with Crippen molar-refractivity contribution in [3.05, 3.63) is 34.3 Å². The first kappa shape index (κ1) is 12.1. The predicted octanol–water partition coefficient (Wildman–Crippen LogP) is 3.24. The van der Waals surface area contributed by atoms with Crippen LogP contribution < -0.4 is 5.73 Å². The summed E-state index contributed by atoms with van der Waals surface area (Å²) in [4.78, 5) is 0. The van der Waals surface area contributed by atoms with Crippen LogP contribution in [0.25, 0.3) is 0 Å². The van der Waals surface area contributed by atoms with Gasteiger partial charge in [-0.25, -0.2) is 0 Å². The van der Waals surface area contributed by atoms with Crippen LogP contribution in [0.4, 0.5) is 0 Å². The molecule has 3 heteroatoms. The molecule has 88 valence electrons. The Bertz CT molecular complexity index is 334. The van der Waals surface area contributed by atoms with Crippen molar-refractivity contribution < 1.29 is 4.74 Å². The maximum atomic E-state index is 5.91. The van der Waals surface area contributed by atoms with Gasteiger partial charge in [-0.15, -0.1) is 0 Å². The second kappa shape index (κ2) is 5.80. The third-order valence-electron chi connectivity index (χ3n) is 3.15. The number of rotatable bonds is 3. The van der Waals surface area contributed by atoms with E-state index in [1.165, 1.54) is 5.56 Å². The molecule has 0 radical (unpaired) electrons. The Hall–Kier alpha value is -0.380. The molecule has 0 heterocycles. The van der Waals surface area contributed by atoms with Crippen LogP contribution in [-0.4, -0.2) is 12.1 Å². The molecule has 0 spiro atoms. The highest BCUT2D eigenvalue weighted by molar-refractivity contribution is 9.10. The molecular weight excluding hydrogens is 266 g/mol. The van der Waals surface area contributed by atoms with Gasteiger partial charge in [-0.1, -0.05) is 34.1 Å². The lowest BCUT2D eigenvalue weighted by Crippen LogP contribution is -2.30. The van der Waals surface area contributed by atoms with E-state index in [1.54, 1.807) is 0 Å². The van der Waals surface area contributed by atoms with Crippen molar-refractivity contribution in [2.24, 2.45) is 5.73 Å². The maximum Gasteiger partial charge on any atom is 0.0731 e. The van der Waals surface area contributed by atoms with E-state index < -0.39 is 0 Å². The van der Waals surface area contributed by atoms with Crippen LogP contribution in [0.3, 0.4) is 0 Å². The number of ether oxygens (including phenoxy) is 1. The molecule has 0 aromatic heterocycles. The molecule has 0 bridgehead atoms. The van der Waals surface area contributed by atoms with E-state index in [-0.39, 0.29) is 0 Å². The molecule has 2 N–H and O–H groups in total. The Morgan fingerprint density at radius 3 is 2.56 bits per heavy atom. The zero-order valence-corrected chi connectivity index (χ0v) is 10.9. The monoisotopic (exact) mass is 283 g/mol. The minimum absolute atomic E-state index is 0.392. The van der Waals surface area contributed by atoms with E-state index in [9.17, 15) is 0 Å². The number of benzene rings is 1. The smallest absolute Gasteiger partial charge is 0.0731 e. The van der Waals surface area contributed by atoms with E-state index in [0.29, 0.717) is 18.8 Å². The summed E-state index contributed by atoms with van der Waals surface area (Å²) in [7, 11) is 0. The van der Waals surface area contributed by atoms with Gasteiger partial charge in [-0.2, -0.15) is 0 Å². The van der Waals surface area contributed by atoms with Crippen LogP contribution in [0.2, 0.25) is 0 Å². The van der Waals surface area contributed by atoms with Gasteiger partial charge < -0.3 is 10.5 Å². The van der Waals surface area contributed by atoms with Crippen molar-refractivity contribution in [3.8, 4) is 0 Å². The zero-order valence-electron chi connectivity index (χ0n) is 9.36. The summed E-state index contributed by atoms with van der Waals surface area (Å²) in [5.41, 5.74) is 7.09. The van der Waals surface area contributed by atoms with Crippen LogP contribution in [0, 0.1) is 0 Å². The third-order valence-corrected chi connectivity index (χ3v) is 3.92. The van der Waals surface area contributed by atoms with Crippen molar-refractivity contribution in [3.63, 3.8) is 0 Å². The van der Waals surface area contributed by atoms with Crippen molar-refractivity contribution in [2.75, 3.05) is 0 Å². The van der Waals surface area contributed by atoms with E-state index >= 15 is 0 Å². The van der Waals surface area contributed by atoms with Crippen LogP contribution in [-0.2, 0) is 11.3 Å². The topological polar surface area (TPSA) is 35.2 Å². The first-order valence-electron chi connectivity index (χ1n) is 5.86. The number of hydrogen-bond acceptors (Lipinski definition) is 2. The average Bonchev–Trinajstić information content (AvgIpc) is 2.30. The molecule has 1 saturated carbocycles. The molecule has 0 unspecified atom stereocenters. The summed E-state index contributed by atoms with van der Waals surface area (Å²) < 4.78 is 7.04. The summed E-state index contributed by atoms with van der Waals surface area (Å²) in [6, 6.07) is 8.60. The second-order valence-electron chi connectivity index (χ2n) is 4.44. The number of nitrogens with two attached hydrogens (primary N) is 1. The SMILES string of the molecule is NC1CCC(OCc2ccccc2Br)CC1. The minimum Gasteiger partial charge on any atom is -0.374 e. The fourth-order valence-corrected chi connectivity index (χ4v) is 2.48. The Kier molecular flexibility index (Phi) is 4.38. The van der Waals surface area contributed by atoms with Gasteiger partial charge >= 0.3 is 0 Å². The van der Waals surface area contributed by atoms with Crippen LogP contribution in [0.1, 0.15) is 31.2 Å². The van der Waals surface area contributed by atoms with Crippen molar-refractivity contribution in [1.82, 2.24) is 0 Å². The van der Waals surface area contributed by atoms with E-state index in [4.69, 9.17) is 10.5 Å². The zero-order chi connectivity index (χ0) is 11.4. The molecule has 1 aliphatic carbocycles. The molecule has 1 aromatic carbocycles. The van der Waals surface area contributed by atoms with Crippen molar-refractivity contribution >= 4 is 15.9 Å². The Morgan fingerprint density at radius 2 is 1.88 bits per heavy atom. The third kappa shape index (κ3) is 3.30. The van der Waals surface area contributed by atoms with E-state index in [2.05, 4.69) is 28.1 Å². The summed E-state index contributed by atoms with van der Waals surface area (Å²) in [5, 5.41) is 0. The summed E-state index contributed by atoms with van der Waals surface area (Å²) in [6.07, 6.45) is 4.80. The van der Waals surface area contributed by atoms with E-state index in [1.807, 2.05) is 12.1 Å². The fourth-order valence-electron chi connectivity index (χ4n) is 2.08. The van der Waals surface area contributed by atoms with Gasteiger partial charge in [0.1, 0.15) is 0 Å². The lowest BCUT2D eigenvalue weighted by atomic mass is 9.94. The second-order valence-corrected chi connectivity index (χ2v) is 5.29. The van der Waals surface area contributed by atoms with Gasteiger partial charge in [0.05, 0.1) is 12.7 Å². The lowest BCUT2D eigenvalue weighted by Gasteiger charge is -2.26. The molecule has 2 rings (SSSR count). The fraction of sp³-hybridized carbons (Fsp3) is 0.538. The van der Waals surface area contributed by atoms with Crippen molar-refractivity contribution in [2.45, 2.75) is 44.4 Å². The van der Waals surface area contributed by atoms with Gasteiger partial charge in [-0.05, 0) is 37.3 Å². The highest BCUT2D eigenvalue weighted by atomic mass is 79.9. The first-order chi connectivity index (χ1) is 7.75. The first-order valence-corrected chi connectivity index (χ1v) is 6.65. The largest absolute Gasteiger partial charge is 0.374 e. The molecule has 0 atom stereocenters. The number of hydrogen-bond donors (Lipinski definition) is 1. The van der Waals surface area contributed by atoms with E-state index in [0.717, 1.165) is 30.2 Å². The van der Waals surface area contributed by atoms with Crippen LogP contribution in [0.5, 0.6) is 0 Å². The predicted molar refractivity (Wildman–Crippen MR) is 69.2 cm³/mol. The van der Waals surface area contributed by atoms with Gasteiger partial charge in [0.25, 0.3) is 0 Å². The molecule has 2 nitrogen and oxygen atoms in total. The Morgan fingerprint density at radius 1 is 1.19 bits per heavy atom. The molecule has 1 fully saturated rings. The summed E-state index contributed by atoms with van der Waals surface area (Å²) >= 11 is 3.53. The quantitative estimate of drug-likeness (QED) is 0.924. The molecule has 0 amide bonds. The Labute approximate surface area is 105 Å². The summed E-state index contributed by atoms with van der Waals surface area (Å²) in [5.74, 6) is 0. The van der Waals surface area contributed by atoms with Gasteiger partial charge in [-0.3, -0.25) is 0 Å². The molecule has 0 aliphatic heterocycles. The molecule has 1 aromatic rings. The normalized spacial score (nSPS) is 25.6. The summed E-state index contributed by atoms with van der Waals surface area (Å²) in [6.45, 7) is 0.696. The highest BCUT2D eigenvalue weighted by Crippen LogP contribution is 2.23. The highest BCUT2D eigenvalue weighted by Gasteiger charge is 2.18. The molecule has 0 saturated heterocycles. The standard InChI is InChI=1S/C13H18BrNO/c14-13-4-2-1-3-10(13)9-16-12-7-5-11(15)6-8-12/h1-4,11-12H,5-9,15H2. The maximum absolute atomic E-state index is 5.91. The molecule has 16 heavy (non-hydrogen) atoms. The van der Waals surface area contributed by atoms with Crippen LogP contribution in [0.15, 0.2) is 28.7 Å². The van der Waals surface area contributed by atoms with Gasteiger partial charge in [0, 0.05) is 10.5 Å². The van der Waals surface area contributed by atoms with Crippen LogP contribution >= 0.6 is 15.9 Å². The van der Waals surface area contributed by atoms with Gasteiger partial charge in [0.15, 0.2) is 0 Å². The Balaban J connectivity index is 1.81. The molecule has 1 aliphatic rings. The molecular formula is C13H18BrNO. The average molecular weight is 284 g/mol.